The Balaban J connectivity index is 1.81. The standard InChI is InChI=1S/C21H24N2O5/c1-25-16-8-6-5-7-14(16)21(24)22-10-9-13-12-23-15-11-17(26-2)19(27-3)20(28-4)18(13)15/h5-8,11-12,23H,9-10H2,1-4H3,(H,22,24). The molecule has 0 aliphatic heterocycles. The minimum Gasteiger partial charge on any atom is -0.496 e. The van der Waals surface area contributed by atoms with Gasteiger partial charge in [-0.2, -0.15) is 0 Å². The van der Waals surface area contributed by atoms with Crippen LogP contribution in [0.2, 0.25) is 0 Å². The second-order valence-corrected chi connectivity index (χ2v) is 6.09. The zero-order valence-electron chi connectivity index (χ0n) is 16.4. The number of carbonyl (C=O) groups is 1. The lowest BCUT2D eigenvalue weighted by molar-refractivity contribution is 0.0951. The van der Waals surface area contributed by atoms with E-state index in [4.69, 9.17) is 18.9 Å². The van der Waals surface area contributed by atoms with Gasteiger partial charge in [0, 0.05) is 24.2 Å². The summed E-state index contributed by atoms with van der Waals surface area (Å²) in [6, 6.07) is 9.00. The molecule has 0 radical (unpaired) electrons. The van der Waals surface area contributed by atoms with E-state index in [0.29, 0.717) is 41.5 Å². The number of H-pyrrole nitrogens is 1. The number of rotatable bonds is 8. The van der Waals surface area contributed by atoms with Crippen LogP contribution < -0.4 is 24.3 Å². The van der Waals surface area contributed by atoms with E-state index in [2.05, 4.69) is 10.3 Å². The van der Waals surface area contributed by atoms with Crippen LogP contribution in [0.15, 0.2) is 36.5 Å². The SMILES string of the molecule is COc1ccccc1C(=O)NCCc1c[nH]c2cc(OC)c(OC)c(OC)c12. The second kappa shape index (κ2) is 8.56. The van der Waals surface area contributed by atoms with Crippen LogP contribution >= 0.6 is 0 Å². The van der Waals surface area contributed by atoms with Gasteiger partial charge in [-0.25, -0.2) is 0 Å². The molecule has 1 heterocycles. The number of aromatic nitrogens is 1. The van der Waals surface area contributed by atoms with Crippen molar-refractivity contribution in [3.63, 3.8) is 0 Å². The quantitative estimate of drug-likeness (QED) is 0.623. The zero-order valence-corrected chi connectivity index (χ0v) is 16.4. The van der Waals surface area contributed by atoms with Crippen LogP contribution in [0.4, 0.5) is 0 Å². The van der Waals surface area contributed by atoms with Gasteiger partial charge in [-0.1, -0.05) is 12.1 Å². The number of hydrogen-bond acceptors (Lipinski definition) is 5. The molecule has 148 valence electrons. The van der Waals surface area contributed by atoms with Crippen molar-refractivity contribution < 1.29 is 23.7 Å². The number of carbonyl (C=O) groups excluding carboxylic acids is 1. The van der Waals surface area contributed by atoms with E-state index in [1.165, 1.54) is 0 Å². The van der Waals surface area contributed by atoms with Crippen molar-refractivity contribution in [2.24, 2.45) is 0 Å². The first-order valence-corrected chi connectivity index (χ1v) is 8.84. The maximum absolute atomic E-state index is 12.5. The maximum atomic E-state index is 12.5. The predicted octanol–water partition coefficient (Wildman–Crippen LogP) is 3.17. The molecule has 0 atom stereocenters. The predicted molar refractivity (Wildman–Crippen MR) is 107 cm³/mol. The Kier molecular flexibility index (Phi) is 5.93. The normalized spacial score (nSPS) is 10.6. The van der Waals surface area contributed by atoms with Gasteiger partial charge in [0.25, 0.3) is 5.91 Å². The number of ether oxygens (including phenoxy) is 4. The lowest BCUT2D eigenvalue weighted by atomic mass is 10.1. The van der Waals surface area contributed by atoms with Crippen LogP contribution in [0.3, 0.4) is 0 Å². The largest absolute Gasteiger partial charge is 0.496 e. The number of hydrogen-bond donors (Lipinski definition) is 2. The van der Waals surface area contributed by atoms with Gasteiger partial charge in [-0.15, -0.1) is 0 Å². The van der Waals surface area contributed by atoms with Crippen molar-refractivity contribution in [3.8, 4) is 23.0 Å². The minimum absolute atomic E-state index is 0.177. The zero-order chi connectivity index (χ0) is 20.1. The summed E-state index contributed by atoms with van der Waals surface area (Å²) >= 11 is 0. The van der Waals surface area contributed by atoms with E-state index in [1.54, 1.807) is 40.6 Å². The van der Waals surface area contributed by atoms with Gasteiger partial charge in [-0.3, -0.25) is 4.79 Å². The van der Waals surface area contributed by atoms with Gasteiger partial charge in [0.05, 0.1) is 39.5 Å². The van der Waals surface area contributed by atoms with Gasteiger partial charge in [0.15, 0.2) is 11.5 Å². The summed E-state index contributed by atoms with van der Waals surface area (Å²) in [5, 5.41) is 3.84. The highest BCUT2D eigenvalue weighted by Crippen LogP contribution is 2.44. The summed E-state index contributed by atoms with van der Waals surface area (Å²) in [6.07, 6.45) is 2.52. The van der Waals surface area contributed by atoms with Gasteiger partial charge in [0.2, 0.25) is 5.75 Å². The molecule has 7 nitrogen and oxygen atoms in total. The maximum Gasteiger partial charge on any atom is 0.255 e. The first kappa shape index (κ1) is 19.4. The highest BCUT2D eigenvalue weighted by Gasteiger charge is 2.20. The van der Waals surface area contributed by atoms with Crippen molar-refractivity contribution in [3.05, 3.63) is 47.7 Å². The third-order valence-electron chi connectivity index (χ3n) is 4.58. The molecular formula is C21H24N2O5. The summed E-state index contributed by atoms with van der Waals surface area (Å²) in [5.74, 6) is 2.10. The summed E-state index contributed by atoms with van der Waals surface area (Å²) in [7, 11) is 6.30. The summed E-state index contributed by atoms with van der Waals surface area (Å²) in [4.78, 5) is 15.7. The number of para-hydroxylation sites is 1. The molecule has 0 aliphatic rings. The number of aromatic amines is 1. The van der Waals surface area contributed by atoms with E-state index < -0.39 is 0 Å². The molecule has 0 saturated heterocycles. The highest BCUT2D eigenvalue weighted by atomic mass is 16.5. The summed E-state index contributed by atoms with van der Waals surface area (Å²) in [6.45, 7) is 0.460. The van der Waals surface area contributed by atoms with Crippen LogP contribution in [0, 0.1) is 0 Å². The van der Waals surface area contributed by atoms with Crippen molar-refractivity contribution in [1.29, 1.82) is 0 Å². The van der Waals surface area contributed by atoms with E-state index >= 15 is 0 Å². The molecule has 0 saturated carbocycles. The molecule has 1 amide bonds. The van der Waals surface area contributed by atoms with E-state index in [1.807, 2.05) is 24.4 Å². The lowest BCUT2D eigenvalue weighted by Crippen LogP contribution is -2.26. The van der Waals surface area contributed by atoms with Crippen molar-refractivity contribution in [2.75, 3.05) is 35.0 Å². The Morgan fingerprint density at radius 1 is 0.964 bits per heavy atom. The minimum atomic E-state index is -0.177. The fourth-order valence-corrected chi connectivity index (χ4v) is 3.26. The molecule has 0 aliphatic carbocycles. The average Bonchev–Trinajstić information content (AvgIpc) is 3.14. The van der Waals surface area contributed by atoms with Gasteiger partial charge in [0.1, 0.15) is 5.75 Å². The van der Waals surface area contributed by atoms with Crippen LogP contribution in [-0.4, -0.2) is 45.9 Å². The Hall–Kier alpha value is -3.35. The van der Waals surface area contributed by atoms with Gasteiger partial charge < -0.3 is 29.2 Å². The van der Waals surface area contributed by atoms with E-state index in [0.717, 1.165) is 16.5 Å². The highest BCUT2D eigenvalue weighted by molar-refractivity contribution is 5.97. The average molecular weight is 384 g/mol. The van der Waals surface area contributed by atoms with Crippen molar-refractivity contribution in [2.45, 2.75) is 6.42 Å². The molecule has 0 bridgehead atoms. The molecule has 3 rings (SSSR count). The van der Waals surface area contributed by atoms with Crippen LogP contribution in [0.1, 0.15) is 15.9 Å². The molecule has 3 aromatic rings. The molecule has 2 aromatic carbocycles. The molecule has 1 aromatic heterocycles. The Bertz CT molecular complexity index is 980. The Morgan fingerprint density at radius 2 is 1.68 bits per heavy atom. The Labute approximate surface area is 163 Å². The molecule has 2 N–H and O–H groups in total. The number of amides is 1. The number of benzene rings is 2. The molecule has 0 unspecified atom stereocenters. The fourth-order valence-electron chi connectivity index (χ4n) is 3.26. The second-order valence-electron chi connectivity index (χ2n) is 6.09. The fraction of sp³-hybridized carbons (Fsp3) is 0.286. The number of nitrogens with one attached hydrogen (secondary N) is 2. The first-order valence-electron chi connectivity index (χ1n) is 8.84. The van der Waals surface area contributed by atoms with Gasteiger partial charge >= 0.3 is 0 Å². The van der Waals surface area contributed by atoms with Gasteiger partial charge in [-0.05, 0) is 24.1 Å². The van der Waals surface area contributed by atoms with E-state index in [9.17, 15) is 4.79 Å². The molecule has 0 fully saturated rings. The molecule has 28 heavy (non-hydrogen) atoms. The number of methoxy groups -OCH3 is 4. The van der Waals surface area contributed by atoms with Crippen LogP contribution in [0.25, 0.3) is 10.9 Å². The topological polar surface area (TPSA) is 81.8 Å². The number of fused-ring (bicyclic) bond motifs is 1. The van der Waals surface area contributed by atoms with Crippen molar-refractivity contribution in [1.82, 2.24) is 10.3 Å². The third-order valence-corrected chi connectivity index (χ3v) is 4.58. The monoisotopic (exact) mass is 384 g/mol. The molecule has 0 spiro atoms. The molecular weight excluding hydrogens is 360 g/mol. The van der Waals surface area contributed by atoms with Crippen LogP contribution in [-0.2, 0) is 6.42 Å². The lowest BCUT2D eigenvalue weighted by Gasteiger charge is -2.14. The van der Waals surface area contributed by atoms with Crippen LogP contribution in [0.5, 0.6) is 23.0 Å². The Morgan fingerprint density at radius 3 is 2.36 bits per heavy atom. The van der Waals surface area contributed by atoms with Crippen molar-refractivity contribution >= 4 is 16.8 Å². The molecule has 7 heteroatoms. The first-order chi connectivity index (χ1) is 13.6. The summed E-state index contributed by atoms with van der Waals surface area (Å²) in [5.41, 5.74) is 2.39. The smallest absolute Gasteiger partial charge is 0.255 e. The summed E-state index contributed by atoms with van der Waals surface area (Å²) < 4.78 is 21.7. The van der Waals surface area contributed by atoms with E-state index in [-0.39, 0.29) is 5.91 Å². The third kappa shape index (κ3) is 3.55.